The lowest BCUT2D eigenvalue weighted by molar-refractivity contribution is 0.457. The highest BCUT2D eigenvalue weighted by Crippen LogP contribution is 2.37. The number of hydrogen-bond donors (Lipinski definition) is 0. The average molecular weight is 325 g/mol. The lowest BCUT2D eigenvalue weighted by Crippen LogP contribution is -2.12. The maximum absolute atomic E-state index is 6.43. The van der Waals surface area contributed by atoms with Gasteiger partial charge in [-0.05, 0) is 55.0 Å². The molecular weight excluding hydrogens is 308 g/mol. The van der Waals surface area contributed by atoms with Crippen LogP contribution in [0.25, 0.3) is 11.6 Å². The zero-order valence-corrected chi connectivity index (χ0v) is 13.7. The molecule has 3 nitrogen and oxygen atoms in total. The van der Waals surface area contributed by atoms with Gasteiger partial charge < -0.3 is 4.42 Å². The van der Waals surface area contributed by atoms with Crippen molar-refractivity contribution in [3.05, 3.63) is 70.2 Å². The van der Waals surface area contributed by atoms with Gasteiger partial charge in [-0.3, -0.25) is 4.98 Å². The lowest BCUT2D eigenvalue weighted by atomic mass is 9.84. The standard InChI is InChI=1S/C19H17ClN2O/c1-12-5-7-14(15(20)10-12)13-6-8-16-18(11-13)23-19(22-16)17-4-2-3-9-21-17/h2-5,7,9-10,13H,6,8,11H2,1H3. The van der Waals surface area contributed by atoms with Gasteiger partial charge in [0.15, 0.2) is 0 Å². The number of hydrogen-bond acceptors (Lipinski definition) is 3. The SMILES string of the molecule is Cc1ccc(C2CCc3nc(-c4ccccn4)oc3C2)c(Cl)c1. The number of pyridine rings is 1. The fraction of sp³-hybridized carbons (Fsp3) is 0.263. The highest BCUT2D eigenvalue weighted by Gasteiger charge is 2.27. The van der Waals surface area contributed by atoms with Crippen molar-refractivity contribution in [1.82, 2.24) is 9.97 Å². The second kappa shape index (κ2) is 5.82. The summed E-state index contributed by atoms with van der Waals surface area (Å²) in [6.45, 7) is 2.06. The smallest absolute Gasteiger partial charge is 0.245 e. The first-order valence-corrected chi connectivity index (χ1v) is 8.24. The molecular formula is C19H17ClN2O. The van der Waals surface area contributed by atoms with Crippen LogP contribution in [0.2, 0.25) is 5.02 Å². The second-order valence-corrected chi connectivity index (χ2v) is 6.48. The summed E-state index contributed by atoms with van der Waals surface area (Å²) < 4.78 is 5.99. The molecule has 0 fully saturated rings. The van der Waals surface area contributed by atoms with E-state index in [1.54, 1.807) is 6.20 Å². The fourth-order valence-electron chi connectivity index (χ4n) is 3.20. The van der Waals surface area contributed by atoms with E-state index in [9.17, 15) is 0 Å². The number of fused-ring (bicyclic) bond motifs is 1. The molecule has 4 rings (SSSR count). The summed E-state index contributed by atoms with van der Waals surface area (Å²) in [7, 11) is 0. The van der Waals surface area contributed by atoms with Crippen molar-refractivity contribution >= 4 is 11.6 Å². The van der Waals surface area contributed by atoms with E-state index in [2.05, 4.69) is 29.0 Å². The van der Waals surface area contributed by atoms with Crippen LogP contribution < -0.4 is 0 Å². The Morgan fingerprint density at radius 2 is 2.13 bits per heavy atom. The molecule has 0 saturated heterocycles. The maximum atomic E-state index is 6.43. The number of nitrogens with zero attached hydrogens (tertiary/aromatic N) is 2. The summed E-state index contributed by atoms with van der Waals surface area (Å²) >= 11 is 6.43. The number of halogens is 1. The second-order valence-electron chi connectivity index (χ2n) is 6.07. The molecule has 1 unspecified atom stereocenters. The Labute approximate surface area is 140 Å². The molecule has 0 N–H and O–H groups in total. The third-order valence-electron chi connectivity index (χ3n) is 4.42. The molecule has 116 valence electrons. The van der Waals surface area contributed by atoms with Gasteiger partial charge in [-0.25, -0.2) is 4.98 Å². The Morgan fingerprint density at radius 3 is 2.91 bits per heavy atom. The molecule has 1 atom stereocenters. The van der Waals surface area contributed by atoms with Crippen LogP contribution in [0.15, 0.2) is 47.0 Å². The van der Waals surface area contributed by atoms with Gasteiger partial charge in [0, 0.05) is 17.6 Å². The van der Waals surface area contributed by atoms with Crippen LogP contribution >= 0.6 is 11.6 Å². The van der Waals surface area contributed by atoms with Crippen molar-refractivity contribution in [2.75, 3.05) is 0 Å². The van der Waals surface area contributed by atoms with E-state index >= 15 is 0 Å². The number of benzene rings is 1. The molecule has 0 amide bonds. The van der Waals surface area contributed by atoms with E-state index in [1.807, 2.05) is 24.3 Å². The average Bonchev–Trinajstić information content (AvgIpc) is 2.99. The molecule has 2 heterocycles. The molecule has 0 radical (unpaired) electrons. The first kappa shape index (κ1) is 14.5. The van der Waals surface area contributed by atoms with Gasteiger partial charge in [0.2, 0.25) is 5.89 Å². The minimum Gasteiger partial charge on any atom is -0.440 e. The Balaban J connectivity index is 1.63. The topological polar surface area (TPSA) is 38.9 Å². The highest BCUT2D eigenvalue weighted by atomic mass is 35.5. The number of oxazole rings is 1. The summed E-state index contributed by atoms with van der Waals surface area (Å²) in [5.41, 5.74) is 4.24. The summed E-state index contributed by atoms with van der Waals surface area (Å²) in [5.74, 6) is 1.98. The molecule has 0 spiro atoms. The van der Waals surface area contributed by atoms with Gasteiger partial charge in [-0.15, -0.1) is 0 Å². The predicted octanol–water partition coefficient (Wildman–Crippen LogP) is 4.97. The van der Waals surface area contributed by atoms with Gasteiger partial charge in [-0.2, -0.15) is 0 Å². The van der Waals surface area contributed by atoms with Gasteiger partial charge in [0.25, 0.3) is 0 Å². The van der Waals surface area contributed by atoms with E-state index in [1.165, 1.54) is 11.1 Å². The van der Waals surface area contributed by atoms with Crippen LogP contribution in [0.4, 0.5) is 0 Å². The van der Waals surface area contributed by atoms with Crippen molar-refractivity contribution in [2.24, 2.45) is 0 Å². The Bertz CT molecular complexity index is 842. The quantitative estimate of drug-likeness (QED) is 0.668. The number of aryl methyl sites for hydroxylation is 2. The van der Waals surface area contributed by atoms with Crippen molar-refractivity contribution in [3.63, 3.8) is 0 Å². The van der Waals surface area contributed by atoms with Gasteiger partial charge >= 0.3 is 0 Å². The van der Waals surface area contributed by atoms with E-state index < -0.39 is 0 Å². The first-order chi connectivity index (χ1) is 11.2. The zero-order chi connectivity index (χ0) is 15.8. The largest absolute Gasteiger partial charge is 0.440 e. The Hall–Kier alpha value is -2.13. The van der Waals surface area contributed by atoms with Crippen molar-refractivity contribution in [3.8, 4) is 11.6 Å². The van der Waals surface area contributed by atoms with Crippen molar-refractivity contribution in [1.29, 1.82) is 0 Å². The molecule has 0 saturated carbocycles. The van der Waals surface area contributed by atoms with Crippen LogP contribution in [0.3, 0.4) is 0 Å². The van der Waals surface area contributed by atoms with Crippen LogP contribution in [-0.4, -0.2) is 9.97 Å². The minimum atomic E-state index is 0.389. The molecule has 23 heavy (non-hydrogen) atoms. The molecule has 3 aromatic rings. The molecule has 2 aromatic heterocycles. The predicted molar refractivity (Wildman–Crippen MR) is 90.7 cm³/mol. The fourth-order valence-corrected chi connectivity index (χ4v) is 3.59. The molecule has 0 aliphatic heterocycles. The summed E-state index contributed by atoms with van der Waals surface area (Å²) in [4.78, 5) is 8.94. The Kier molecular flexibility index (Phi) is 3.66. The van der Waals surface area contributed by atoms with Gasteiger partial charge in [-0.1, -0.05) is 29.8 Å². The Morgan fingerprint density at radius 1 is 1.22 bits per heavy atom. The first-order valence-electron chi connectivity index (χ1n) is 7.87. The monoisotopic (exact) mass is 324 g/mol. The van der Waals surface area contributed by atoms with Crippen LogP contribution in [0.1, 0.15) is 34.9 Å². The van der Waals surface area contributed by atoms with Crippen molar-refractivity contribution < 1.29 is 4.42 Å². The van der Waals surface area contributed by atoms with E-state index in [-0.39, 0.29) is 0 Å². The maximum Gasteiger partial charge on any atom is 0.245 e. The van der Waals surface area contributed by atoms with Crippen LogP contribution in [-0.2, 0) is 12.8 Å². The van der Waals surface area contributed by atoms with Gasteiger partial charge in [0.05, 0.1) is 5.69 Å². The molecule has 1 aromatic carbocycles. The van der Waals surface area contributed by atoms with Crippen LogP contribution in [0.5, 0.6) is 0 Å². The third kappa shape index (κ3) is 2.77. The molecule has 1 aliphatic rings. The summed E-state index contributed by atoms with van der Waals surface area (Å²) in [6.07, 6.45) is 4.57. The number of aromatic nitrogens is 2. The normalized spacial score (nSPS) is 17.0. The van der Waals surface area contributed by atoms with E-state index in [0.29, 0.717) is 11.8 Å². The molecule has 0 bridgehead atoms. The number of rotatable bonds is 2. The third-order valence-corrected chi connectivity index (χ3v) is 4.75. The lowest BCUT2D eigenvalue weighted by Gasteiger charge is -2.21. The van der Waals surface area contributed by atoms with E-state index in [0.717, 1.165) is 41.4 Å². The molecule has 1 aliphatic carbocycles. The molecule has 4 heteroatoms. The highest BCUT2D eigenvalue weighted by molar-refractivity contribution is 6.31. The minimum absolute atomic E-state index is 0.389. The van der Waals surface area contributed by atoms with Crippen LogP contribution in [0, 0.1) is 6.92 Å². The van der Waals surface area contributed by atoms with E-state index in [4.69, 9.17) is 16.0 Å². The van der Waals surface area contributed by atoms with Gasteiger partial charge in [0.1, 0.15) is 11.5 Å². The zero-order valence-electron chi connectivity index (χ0n) is 12.9. The summed E-state index contributed by atoms with van der Waals surface area (Å²) in [6, 6.07) is 12.1. The van der Waals surface area contributed by atoms with Crippen molar-refractivity contribution in [2.45, 2.75) is 32.1 Å². The summed E-state index contributed by atoms with van der Waals surface area (Å²) in [5, 5.41) is 0.850.